The lowest BCUT2D eigenvalue weighted by Crippen LogP contribution is -2.46. The Hall–Kier alpha value is -2.07. The fourth-order valence-electron chi connectivity index (χ4n) is 4.56. The van der Waals surface area contributed by atoms with Gasteiger partial charge in [-0.15, -0.1) is 0 Å². The Bertz CT molecular complexity index is 769. The van der Waals surface area contributed by atoms with Crippen LogP contribution >= 0.6 is 0 Å². The highest BCUT2D eigenvalue weighted by Crippen LogP contribution is 2.37. The van der Waals surface area contributed by atoms with E-state index < -0.39 is 0 Å². The third-order valence-corrected chi connectivity index (χ3v) is 6.26. The summed E-state index contributed by atoms with van der Waals surface area (Å²) in [5.74, 6) is 1.60. The van der Waals surface area contributed by atoms with Crippen molar-refractivity contribution in [2.75, 3.05) is 44.2 Å². The molecule has 2 aliphatic rings. The van der Waals surface area contributed by atoms with Crippen molar-refractivity contribution in [3.8, 4) is 5.75 Å². The minimum atomic E-state index is -0.170. The number of hydrogen-bond donors (Lipinski definition) is 0. The Morgan fingerprint density at radius 3 is 2.57 bits per heavy atom. The third-order valence-electron chi connectivity index (χ3n) is 6.26. The minimum absolute atomic E-state index is 0.170. The van der Waals surface area contributed by atoms with Crippen LogP contribution in [0.1, 0.15) is 43.2 Å². The van der Waals surface area contributed by atoms with Gasteiger partial charge in [0.15, 0.2) is 0 Å². The molecule has 2 aromatic rings. The maximum atomic E-state index is 13.1. The van der Waals surface area contributed by atoms with E-state index in [4.69, 9.17) is 4.74 Å². The maximum Gasteiger partial charge on any atom is 0.123 e. The second kappa shape index (κ2) is 8.95. The predicted molar refractivity (Wildman–Crippen MR) is 113 cm³/mol. The van der Waals surface area contributed by atoms with Crippen LogP contribution in [-0.4, -0.2) is 44.2 Å². The lowest BCUT2D eigenvalue weighted by Gasteiger charge is -2.36. The Morgan fingerprint density at radius 2 is 1.82 bits per heavy atom. The fraction of sp³-hybridized carbons (Fsp3) is 0.500. The van der Waals surface area contributed by atoms with Crippen molar-refractivity contribution < 1.29 is 9.13 Å². The van der Waals surface area contributed by atoms with E-state index in [2.05, 4.69) is 34.9 Å². The van der Waals surface area contributed by atoms with Crippen molar-refractivity contribution in [1.29, 1.82) is 0 Å². The Balaban J connectivity index is 1.17. The number of rotatable bonds is 7. The molecule has 1 saturated heterocycles. The highest BCUT2D eigenvalue weighted by Gasteiger charge is 2.21. The third kappa shape index (κ3) is 4.49. The van der Waals surface area contributed by atoms with E-state index >= 15 is 0 Å². The molecule has 0 bridgehead atoms. The van der Waals surface area contributed by atoms with Crippen LogP contribution in [0.5, 0.6) is 5.75 Å². The molecule has 0 aromatic heterocycles. The molecule has 1 fully saturated rings. The SMILES string of the molecule is CCC1CCc2cc(OCCCN3CCN(c4ccc(F)cc4)CC3)ccc21. The van der Waals surface area contributed by atoms with Crippen LogP contribution in [0.25, 0.3) is 0 Å². The van der Waals surface area contributed by atoms with Gasteiger partial charge in [-0.05, 0) is 79.1 Å². The average molecular weight is 383 g/mol. The van der Waals surface area contributed by atoms with E-state index in [0.29, 0.717) is 0 Å². The number of piperazine rings is 1. The summed E-state index contributed by atoms with van der Waals surface area (Å²) in [5, 5.41) is 0. The first-order valence-corrected chi connectivity index (χ1v) is 10.7. The van der Waals surface area contributed by atoms with Crippen molar-refractivity contribution in [2.45, 2.75) is 38.5 Å². The molecule has 0 N–H and O–H groups in total. The van der Waals surface area contributed by atoms with E-state index in [0.717, 1.165) is 63.1 Å². The Kier molecular flexibility index (Phi) is 6.16. The van der Waals surface area contributed by atoms with Gasteiger partial charge in [-0.25, -0.2) is 4.39 Å². The summed E-state index contributed by atoms with van der Waals surface area (Å²) in [6, 6.07) is 13.5. The predicted octanol–water partition coefficient (Wildman–Crippen LogP) is 4.86. The zero-order valence-electron chi connectivity index (χ0n) is 16.9. The van der Waals surface area contributed by atoms with Gasteiger partial charge in [0.1, 0.15) is 11.6 Å². The number of anilines is 1. The van der Waals surface area contributed by atoms with Gasteiger partial charge in [-0.2, -0.15) is 0 Å². The first-order chi connectivity index (χ1) is 13.7. The minimum Gasteiger partial charge on any atom is -0.494 e. The summed E-state index contributed by atoms with van der Waals surface area (Å²) in [4.78, 5) is 4.83. The normalized spacial score (nSPS) is 19.6. The van der Waals surface area contributed by atoms with Crippen LogP contribution in [0, 0.1) is 5.82 Å². The zero-order chi connectivity index (χ0) is 19.3. The molecule has 0 radical (unpaired) electrons. The molecule has 150 valence electrons. The van der Waals surface area contributed by atoms with Crippen molar-refractivity contribution >= 4 is 5.69 Å². The molecule has 1 aliphatic carbocycles. The second-order valence-electron chi connectivity index (χ2n) is 8.01. The van der Waals surface area contributed by atoms with E-state index in [9.17, 15) is 4.39 Å². The number of ether oxygens (including phenoxy) is 1. The zero-order valence-corrected chi connectivity index (χ0v) is 16.9. The van der Waals surface area contributed by atoms with Crippen LogP contribution in [0.4, 0.5) is 10.1 Å². The fourth-order valence-corrected chi connectivity index (χ4v) is 4.56. The van der Waals surface area contributed by atoms with Crippen molar-refractivity contribution in [3.63, 3.8) is 0 Å². The highest BCUT2D eigenvalue weighted by atomic mass is 19.1. The molecule has 28 heavy (non-hydrogen) atoms. The molecule has 4 heteroatoms. The standard InChI is InChI=1S/C24H31FN2O/c1-2-19-4-5-20-18-23(10-11-24(19)20)28-17-3-12-26-13-15-27(16-14-26)22-8-6-21(25)7-9-22/h6-11,18-19H,2-5,12-17H2,1H3. The molecular formula is C24H31FN2O. The van der Waals surface area contributed by atoms with Gasteiger partial charge >= 0.3 is 0 Å². The molecule has 2 aromatic carbocycles. The van der Waals surface area contributed by atoms with Crippen molar-refractivity contribution in [1.82, 2.24) is 4.90 Å². The van der Waals surface area contributed by atoms with Crippen molar-refractivity contribution in [2.24, 2.45) is 0 Å². The lowest BCUT2D eigenvalue weighted by molar-refractivity contribution is 0.224. The Morgan fingerprint density at radius 1 is 1.04 bits per heavy atom. The smallest absolute Gasteiger partial charge is 0.123 e. The van der Waals surface area contributed by atoms with Gasteiger partial charge in [0, 0.05) is 38.4 Å². The summed E-state index contributed by atoms with van der Waals surface area (Å²) in [6.45, 7) is 8.22. The molecule has 1 unspecified atom stereocenters. The quantitative estimate of drug-likeness (QED) is 0.636. The van der Waals surface area contributed by atoms with E-state index in [1.165, 1.54) is 30.4 Å². The highest BCUT2D eigenvalue weighted by molar-refractivity contribution is 5.46. The number of nitrogens with zero attached hydrogens (tertiary/aromatic N) is 2. The van der Waals surface area contributed by atoms with Gasteiger partial charge < -0.3 is 9.64 Å². The Labute approximate surface area is 168 Å². The molecule has 1 aliphatic heterocycles. The van der Waals surface area contributed by atoms with Gasteiger partial charge in [0.2, 0.25) is 0 Å². The number of fused-ring (bicyclic) bond motifs is 1. The van der Waals surface area contributed by atoms with Gasteiger partial charge in [-0.1, -0.05) is 13.0 Å². The first kappa shape index (κ1) is 19.3. The second-order valence-corrected chi connectivity index (χ2v) is 8.01. The monoisotopic (exact) mass is 382 g/mol. The summed E-state index contributed by atoms with van der Waals surface area (Å²) < 4.78 is 19.1. The number of benzene rings is 2. The molecule has 0 amide bonds. The van der Waals surface area contributed by atoms with Crippen LogP contribution < -0.4 is 9.64 Å². The summed E-state index contributed by atoms with van der Waals surface area (Å²) in [6.07, 6.45) is 4.77. The molecule has 1 atom stereocenters. The summed E-state index contributed by atoms with van der Waals surface area (Å²) in [5.41, 5.74) is 4.14. The van der Waals surface area contributed by atoms with Crippen LogP contribution in [-0.2, 0) is 6.42 Å². The van der Waals surface area contributed by atoms with Gasteiger partial charge in [0.05, 0.1) is 6.61 Å². The van der Waals surface area contributed by atoms with E-state index in [1.54, 1.807) is 12.1 Å². The largest absolute Gasteiger partial charge is 0.494 e. The van der Waals surface area contributed by atoms with Crippen LogP contribution in [0.3, 0.4) is 0 Å². The molecule has 1 heterocycles. The average Bonchev–Trinajstić information content (AvgIpc) is 3.15. The summed E-state index contributed by atoms with van der Waals surface area (Å²) >= 11 is 0. The topological polar surface area (TPSA) is 15.7 Å². The van der Waals surface area contributed by atoms with Gasteiger partial charge in [-0.3, -0.25) is 4.90 Å². The molecule has 0 spiro atoms. The first-order valence-electron chi connectivity index (χ1n) is 10.7. The molecular weight excluding hydrogens is 351 g/mol. The summed E-state index contributed by atoms with van der Waals surface area (Å²) in [7, 11) is 0. The van der Waals surface area contributed by atoms with E-state index in [-0.39, 0.29) is 5.82 Å². The van der Waals surface area contributed by atoms with Gasteiger partial charge in [0.25, 0.3) is 0 Å². The van der Waals surface area contributed by atoms with Crippen LogP contribution in [0.2, 0.25) is 0 Å². The number of hydrogen-bond acceptors (Lipinski definition) is 3. The van der Waals surface area contributed by atoms with Crippen molar-refractivity contribution in [3.05, 3.63) is 59.4 Å². The number of halogens is 1. The number of aryl methyl sites for hydroxylation is 1. The molecule has 0 saturated carbocycles. The maximum absolute atomic E-state index is 13.1. The van der Waals surface area contributed by atoms with E-state index in [1.807, 2.05) is 12.1 Å². The molecule has 4 rings (SSSR count). The lowest BCUT2D eigenvalue weighted by atomic mass is 9.99. The molecule has 3 nitrogen and oxygen atoms in total. The van der Waals surface area contributed by atoms with Crippen LogP contribution in [0.15, 0.2) is 42.5 Å².